The number of carbonyl (C=O) groups is 1. The minimum atomic E-state index is -0.964. The number of halogens is 3. The number of rotatable bonds is 3. The van der Waals surface area contributed by atoms with Gasteiger partial charge in [0.25, 0.3) is 11.6 Å². The number of anilines is 1. The monoisotopic (exact) mass is 312 g/mol. The van der Waals surface area contributed by atoms with Gasteiger partial charge in [0.2, 0.25) is 0 Å². The van der Waals surface area contributed by atoms with Crippen LogP contribution in [0.3, 0.4) is 0 Å². The highest BCUT2D eigenvalue weighted by Crippen LogP contribution is 2.23. The maximum atomic E-state index is 13.5. The molecular formula is C13H7ClF2N2O3. The van der Waals surface area contributed by atoms with E-state index < -0.39 is 39.4 Å². The number of nitro benzene ring substituents is 1. The summed E-state index contributed by atoms with van der Waals surface area (Å²) in [5.74, 6) is -2.69. The van der Waals surface area contributed by atoms with E-state index in [4.69, 9.17) is 11.6 Å². The van der Waals surface area contributed by atoms with E-state index in [1.807, 2.05) is 0 Å². The van der Waals surface area contributed by atoms with Gasteiger partial charge in [-0.25, -0.2) is 8.78 Å². The lowest BCUT2D eigenvalue weighted by Crippen LogP contribution is -2.15. The number of amides is 1. The van der Waals surface area contributed by atoms with Gasteiger partial charge in [0.15, 0.2) is 0 Å². The van der Waals surface area contributed by atoms with Gasteiger partial charge in [0.05, 0.1) is 16.2 Å². The Kier molecular flexibility index (Phi) is 4.13. The molecule has 0 saturated carbocycles. The van der Waals surface area contributed by atoms with Crippen LogP contribution in [0.2, 0.25) is 5.02 Å². The van der Waals surface area contributed by atoms with Gasteiger partial charge in [0.1, 0.15) is 11.6 Å². The molecule has 8 heteroatoms. The van der Waals surface area contributed by atoms with Crippen molar-refractivity contribution >= 4 is 28.9 Å². The van der Waals surface area contributed by atoms with Gasteiger partial charge >= 0.3 is 0 Å². The third kappa shape index (κ3) is 3.32. The standard InChI is InChI=1S/C13H7ClF2N2O3/c14-7-1-3-10(15)9(5-7)13(19)17-12-6-8(18(20)21)2-4-11(12)16/h1-6H,(H,17,19). The first kappa shape index (κ1) is 14.9. The second-order valence-electron chi connectivity index (χ2n) is 4.00. The molecule has 0 heterocycles. The number of nitrogens with zero attached hydrogens (tertiary/aromatic N) is 1. The summed E-state index contributed by atoms with van der Waals surface area (Å²) in [6.45, 7) is 0. The van der Waals surface area contributed by atoms with E-state index in [1.165, 1.54) is 6.07 Å². The summed E-state index contributed by atoms with van der Waals surface area (Å²) in [7, 11) is 0. The smallest absolute Gasteiger partial charge is 0.271 e. The molecule has 0 spiro atoms. The van der Waals surface area contributed by atoms with Gasteiger partial charge < -0.3 is 5.32 Å². The maximum Gasteiger partial charge on any atom is 0.271 e. The van der Waals surface area contributed by atoms with E-state index >= 15 is 0 Å². The van der Waals surface area contributed by atoms with Crippen LogP contribution in [0.1, 0.15) is 10.4 Å². The van der Waals surface area contributed by atoms with Crippen LogP contribution in [0.4, 0.5) is 20.2 Å². The van der Waals surface area contributed by atoms with Crippen LogP contribution in [0.25, 0.3) is 0 Å². The Morgan fingerprint density at radius 3 is 2.48 bits per heavy atom. The van der Waals surface area contributed by atoms with Crippen LogP contribution in [-0.2, 0) is 0 Å². The fourth-order valence-electron chi connectivity index (χ4n) is 1.58. The van der Waals surface area contributed by atoms with Crippen molar-refractivity contribution in [2.75, 3.05) is 5.32 Å². The Balaban J connectivity index is 2.33. The zero-order chi connectivity index (χ0) is 15.6. The summed E-state index contributed by atoms with van der Waals surface area (Å²) >= 11 is 5.65. The molecule has 5 nitrogen and oxygen atoms in total. The zero-order valence-corrected chi connectivity index (χ0v) is 11.0. The van der Waals surface area contributed by atoms with Crippen molar-refractivity contribution in [3.05, 3.63) is 68.7 Å². The number of nitro groups is 1. The number of carbonyl (C=O) groups excluding carboxylic acids is 1. The number of benzene rings is 2. The number of nitrogens with one attached hydrogen (secondary N) is 1. The van der Waals surface area contributed by atoms with Crippen molar-refractivity contribution in [2.24, 2.45) is 0 Å². The molecule has 1 N–H and O–H groups in total. The van der Waals surface area contributed by atoms with E-state index in [0.717, 1.165) is 30.3 Å². The average molecular weight is 313 g/mol. The predicted molar refractivity (Wildman–Crippen MR) is 72.4 cm³/mol. The highest BCUT2D eigenvalue weighted by atomic mass is 35.5. The van der Waals surface area contributed by atoms with E-state index in [2.05, 4.69) is 5.32 Å². The molecule has 0 aliphatic rings. The van der Waals surface area contributed by atoms with Crippen molar-refractivity contribution in [3.8, 4) is 0 Å². The third-order valence-electron chi connectivity index (χ3n) is 2.58. The summed E-state index contributed by atoms with van der Waals surface area (Å²) < 4.78 is 27.0. The molecule has 1 amide bonds. The molecule has 0 fully saturated rings. The zero-order valence-electron chi connectivity index (χ0n) is 10.3. The molecule has 21 heavy (non-hydrogen) atoms. The molecule has 0 unspecified atom stereocenters. The summed E-state index contributed by atoms with van der Waals surface area (Å²) in [6.07, 6.45) is 0. The summed E-state index contributed by atoms with van der Waals surface area (Å²) in [6, 6.07) is 5.94. The van der Waals surface area contributed by atoms with Crippen molar-refractivity contribution in [2.45, 2.75) is 0 Å². The highest BCUT2D eigenvalue weighted by Gasteiger charge is 2.16. The largest absolute Gasteiger partial charge is 0.319 e. The number of non-ortho nitro benzene ring substituents is 1. The molecular weight excluding hydrogens is 306 g/mol. The van der Waals surface area contributed by atoms with Gasteiger partial charge in [-0.3, -0.25) is 14.9 Å². The lowest BCUT2D eigenvalue weighted by molar-refractivity contribution is -0.384. The summed E-state index contributed by atoms with van der Waals surface area (Å²) in [4.78, 5) is 21.7. The van der Waals surface area contributed by atoms with Crippen molar-refractivity contribution in [3.63, 3.8) is 0 Å². The molecule has 0 aromatic heterocycles. The third-order valence-corrected chi connectivity index (χ3v) is 2.82. The molecule has 2 aromatic rings. The molecule has 0 aliphatic carbocycles. The molecule has 0 bridgehead atoms. The fraction of sp³-hybridized carbons (Fsp3) is 0. The van der Waals surface area contributed by atoms with E-state index in [-0.39, 0.29) is 5.02 Å². The minimum Gasteiger partial charge on any atom is -0.319 e. The molecule has 108 valence electrons. The van der Waals surface area contributed by atoms with Crippen LogP contribution in [0, 0.1) is 21.7 Å². The van der Waals surface area contributed by atoms with E-state index in [1.54, 1.807) is 0 Å². The van der Waals surface area contributed by atoms with Crippen LogP contribution in [0.5, 0.6) is 0 Å². The normalized spacial score (nSPS) is 10.2. The first-order chi connectivity index (χ1) is 9.88. The van der Waals surface area contributed by atoms with Crippen molar-refractivity contribution in [1.29, 1.82) is 0 Å². The highest BCUT2D eigenvalue weighted by molar-refractivity contribution is 6.31. The molecule has 2 aromatic carbocycles. The maximum absolute atomic E-state index is 13.5. The first-order valence-corrected chi connectivity index (χ1v) is 5.96. The lowest BCUT2D eigenvalue weighted by atomic mass is 10.2. The van der Waals surface area contributed by atoms with E-state index in [9.17, 15) is 23.7 Å². The topological polar surface area (TPSA) is 72.2 Å². The predicted octanol–water partition coefficient (Wildman–Crippen LogP) is 3.78. The average Bonchev–Trinajstić information content (AvgIpc) is 2.43. The lowest BCUT2D eigenvalue weighted by Gasteiger charge is -2.07. The Morgan fingerprint density at radius 2 is 1.81 bits per heavy atom. The summed E-state index contributed by atoms with van der Waals surface area (Å²) in [5, 5.41) is 12.8. The van der Waals surface area contributed by atoms with Gasteiger partial charge in [-0.05, 0) is 24.3 Å². The molecule has 0 radical (unpaired) electrons. The molecule has 0 atom stereocenters. The minimum absolute atomic E-state index is 0.126. The van der Waals surface area contributed by atoms with Crippen LogP contribution in [0.15, 0.2) is 36.4 Å². The number of hydrogen-bond acceptors (Lipinski definition) is 3. The molecule has 0 aliphatic heterocycles. The van der Waals surface area contributed by atoms with Gasteiger partial charge in [0, 0.05) is 17.2 Å². The second kappa shape index (κ2) is 5.84. The fourth-order valence-corrected chi connectivity index (χ4v) is 1.76. The Bertz CT molecular complexity index is 737. The van der Waals surface area contributed by atoms with Gasteiger partial charge in [-0.1, -0.05) is 11.6 Å². The summed E-state index contributed by atoms with van der Waals surface area (Å²) in [5.41, 5.74) is -1.22. The number of hydrogen-bond donors (Lipinski definition) is 1. The SMILES string of the molecule is O=C(Nc1cc([N+](=O)[O-])ccc1F)c1cc(Cl)ccc1F. The van der Waals surface area contributed by atoms with Crippen LogP contribution < -0.4 is 5.32 Å². The van der Waals surface area contributed by atoms with Gasteiger partial charge in [-0.15, -0.1) is 0 Å². The molecule has 2 rings (SSSR count). The molecule has 0 saturated heterocycles. The van der Waals surface area contributed by atoms with Gasteiger partial charge in [-0.2, -0.15) is 0 Å². The second-order valence-corrected chi connectivity index (χ2v) is 4.44. The van der Waals surface area contributed by atoms with Crippen LogP contribution >= 0.6 is 11.6 Å². The van der Waals surface area contributed by atoms with E-state index in [0.29, 0.717) is 0 Å². The Morgan fingerprint density at radius 1 is 1.14 bits per heavy atom. The first-order valence-electron chi connectivity index (χ1n) is 5.59. The Hall–Kier alpha value is -2.54. The quantitative estimate of drug-likeness (QED) is 0.692. The van der Waals surface area contributed by atoms with Crippen molar-refractivity contribution in [1.82, 2.24) is 0 Å². The van der Waals surface area contributed by atoms with Crippen LogP contribution in [-0.4, -0.2) is 10.8 Å². The Labute approximate surface area is 122 Å². The van der Waals surface area contributed by atoms with Crippen molar-refractivity contribution < 1.29 is 18.5 Å².